The Morgan fingerprint density at radius 1 is 1.00 bits per heavy atom. The summed E-state index contributed by atoms with van der Waals surface area (Å²) in [7, 11) is 1.73. The van der Waals surface area contributed by atoms with E-state index in [9.17, 15) is 19.1 Å². The van der Waals surface area contributed by atoms with Crippen molar-refractivity contribution in [3.63, 3.8) is 0 Å². The van der Waals surface area contributed by atoms with E-state index >= 15 is 0 Å². The number of carboxylic acid groups (broad SMARTS) is 1. The molecule has 39 heavy (non-hydrogen) atoms. The minimum atomic E-state index is -0.877. The zero-order valence-electron chi connectivity index (χ0n) is 23.1. The number of amides is 2. The minimum Gasteiger partial charge on any atom is -0.465 e. The van der Waals surface area contributed by atoms with E-state index in [1.54, 1.807) is 53.2 Å². The van der Waals surface area contributed by atoms with Crippen LogP contribution >= 0.6 is 0 Å². The Hall–Kier alpha value is -3.91. The predicted molar refractivity (Wildman–Crippen MR) is 150 cm³/mol. The van der Waals surface area contributed by atoms with E-state index in [1.165, 1.54) is 12.1 Å². The fraction of sp³-hybridized carbons (Fsp3) is 0.355. The Bertz CT molecular complexity index is 1320. The van der Waals surface area contributed by atoms with Crippen LogP contribution in [0.4, 0.5) is 14.9 Å². The van der Waals surface area contributed by atoms with Crippen LogP contribution in [-0.2, 0) is 6.54 Å². The van der Waals surface area contributed by atoms with E-state index in [2.05, 4.69) is 25.7 Å². The number of piperazine rings is 1. The molecule has 1 N–H and O–H groups in total. The Kier molecular flexibility index (Phi) is 7.97. The lowest BCUT2D eigenvalue weighted by Gasteiger charge is -2.54. The number of ether oxygens (including phenoxy) is 1. The predicted octanol–water partition coefficient (Wildman–Crippen LogP) is 6.50. The van der Waals surface area contributed by atoms with Crippen molar-refractivity contribution >= 4 is 17.7 Å². The lowest BCUT2D eigenvalue weighted by molar-refractivity contribution is -0.0462. The number of anilines is 1. The average molecular weight is 534 g/mol. The summed E-state index contributed by atoms with van der Waals surface area (Å²) in [5, 5.41) is 9.76. The zero-order valence-corrected chi connectivity index (χ0v) is 23.1. The van der Waals surface area contributed by atoms with Gasteiger partial charge in [-0.2, -0.15) is 0 Å². The molecule has 0 bridgehead atoms. The van der Waals surface area contributed by atoms with Gasteiger partial charge in [0.05, 0.1) is 5.54 Å². The Balaban J connectivity index is 1.39. The van der Waals surface area contributed by atoms with Crippen LogP contribution in [0.3, 0.4) is 0 Å². The topological polar surface area (TPSA) is 73.3 Å². The smallest absolute Gasteiger partial charge is 0.407 e. The normalized spacial score (nSPS) is 18.1. The number of halogens is 1. The van der Waals surface area contributed by atoms with Crippen LogP contribution < -0.4 is 9.64 Å². The molecule has 0 saturated carbocycles. The number of nitrogens with zero attached hydrogens (tertiary/aromatic N) is 3. The first-order valence-electron chi connectivity index (χ1n) is 13.0. The van der Waals surface area contributed by atoms with Crippen molar-refractivity contribution in [2.24, 2.45) is 5.41 Å². The highest BCUT2D eigenvalue weighted by Crippen LogP contribution is 2.38. The van der Waals surface area contributed by atoms with Crippen molar-refractivity contribution in [2.45, 2.75) is 39.8 Å². The molecule has 0 aromatic heterocycles. The molecule has 2 amide bonds. The van der Waals surface area contributed by atoms with Gasteiger partial charge in [0, 0.05) is 50.5 Å². The van der Waals surface area contributed by atoms with Crippen molar-refractivity contribution < 1.29 is 23.8 Å². The maximum absolute atomic E-state index is 13.4. The number of carbonyl (C=O) groups is 2. The SMILES string of the molecule is CN(C(=O)c1ccc(Oc2cccc(F)c2)cc1)c1ccc(CN2CCN(C(=O)O)[C@@](C)(C(C)(C)C)C2)cc1. The van der Waals surface area contributed by atoms with E-state index in [0.29, 0.717) is 43.2 Å². The Morgan fingerprint density at radius 2 is 1.67 bits per heavy atom. The molecular formula is C31H36FN3O4. The van der Waals surface area contributed by atoms with Gasteiger partial charge in [-0.15, -0.1) is 0 Å². The van der Waals surface area contributed by atoms with Crippen LogP contribution in [0.25, 0.3) is 0 Å². The molecule has 1 fully saturated rings. The van der Waals surface area contributed by atoms with Gasteiger partial charge < -0.3 is 14.7 Å². The summed E-state index contributed by atoms with van der Waals surface area (Å²) in [6, 6.07) is 20.5. The Morgan fingerprint density at radius 3 is 2.26 bits per heavy atom. The molecule has 7 nitrogen and oxygen atoms in total. The summed E-state index contributed by atoms with van der Waals surface area (Å²) in [6.45, 7) is 10.7. The standard InChI is InChI=1S/C31H36FN3O4/c1-30(2,3)31(4)21-34(17-18-35(31)29(37)38)20-22-9-13-25(14-10-22)33(5)28(36)23-11-15-26(16-12-23)39-27-8-6-7-24(32)19-27/h6-16,19H,17-18,20-21H2,1-5H3,(H,37,38)/t31-/m1/s1. The maximum atomic E-state index is 13.4. The van der Waals surface area contributed by atoms with E-state index in [-0.39, 0.29) is 17.1 Å². The average Bonchev–Trinajstić information content (AvgIpc) is 2.88. The lowest BCUT2D eigenvalue weighted by atomic mass is 9.72. The number of benzene rings is 3. The molecule has 0 spiro atoms. The van der Waals surface area contributed by atoms with Gasteiger partial charge in [0.1, 0.15) is 17.3 Å². The van der Waals surface area contributed by atoms with Crippen LogP contribution in [0.2, 0.25) is 0 Å². The highest BCUT2D eigenvalue weighted by Gasteiger charge is 2.48. The van der Waals surface area contributed by atoms with Crippen LogP contribution in [0.15, 0.2) is 72.8 Å². The molecule has 8 heteroatoms. The molecule has 1 saturated heterocycles. The number of hydrogen-bond acceptors (Lipinski definition) is 4. The zero-order chi connectivity index (χ0) is 28.4. The first kappa shape index (κ1) is 28.1. The van der Waals surface area contributed by atoms with Gasteiger partial charge in [0.2, 0.25) is 0 Å². The van der Waals surface area contributed by atoms with Crippen molar-refractivity contribution in [3.8, 4) is 11.5 Å². The molecule has 1 heterocycles. The molecule has 0 aliphatic carbocycles. The number of rotatable bonds is 6. The van der Waals surface area contributed by atoms with Gasteiger partial charge >= 0.3 is 6.09 Å². The largest absolute Gasteiger partial charge is 0.465 e. The second kappa shape index (κ2) is 11.1. The molecular weight excluding hydrogens is 497 g/mol. The van der Waals surface area contributed by atoms with E-state index in [4.69, 9.17) is 4.74 Å². The number of hydrogen-bond donors (Lipinski definition) is 1. The fourth-order valence-electron chi connectivity index (χ4n) is 4.90. The third-order valence-electron chi connectivity index (χ3n) is 7.78. The highest BCUT2D eigenvalue weighted by atomic mass is 19.1. The van der Waals surface area contributed by atoms with E-state index in [1.807, 2.05) is 31.2 Å². The second-order valence-electron chi connectivity index (χ2n) is 11.3. The maximum Gasteiger partial charge on any atom is 0.407 e. The summed E-state index contributed by atoms with van der Waals surface area (Å²) in [5.41, 5.74) is 1.63. The summed E-state index contributed by atoms with van der Waals surface area (Å²) in [6.07, 6.45) is -0.877. The van der Waals surface area contributed by atoms with Crippen LogP contribution in [0.1, 0.15) is 43.6 Å². The fourth-order valence-corrected chi connectivity index (χ4v) is 4.90. The molecule has 206 valence electrons. The molecule has 1 aliphatic heterocycles. The first-order chi connectivity index (χ1) is 18.4. The van der Waals surface area contributed by atoms with E-state index < -0.39 is 11.6 Å². The molecule has 3 aromatic carbocycles. The van der Waals surface area contributed by atoms with Crippen molar-refractivity contribution in [3.05, 3.63) is 89.7 Å². The third-order valence-corrected chi connectivity index (χ3v) is 7.78. The van der Waals surface area contributed by atoms with Gasteiger partial charge in [0.25, 0.3) is 5.91 Å². The van der Waals surface area contributed by atoms with Gasteiger partial charge in [0.15, 0.2) is 0 Å². The molecule has 0 unspecified atom stereocenters. The van der Waals surface area contributed by atoms with Gasteiger partial charge in [-0.05, 0) is 66.4 Å². The van der Waals surface area contributed by atoms with Gasteiger partial charge in [-0.25, -0.2) is 9.18 Å². The van der Waals surface area contributed by atoms with Crippen LogP contribution in [0.5, 0.6) is 11.5 Å². The molecule has 1 aliphatic rings. The molecule has 1 atom stereocenters. The molecule has 3 aromatic rings. The second-order valence-corrected chi connectivity index (χ2v) is 11.3. The van der Waals surface area contributed by atoms with Crippen LogP contribution in [0, 0.1) is 11.2 Å². The van der Waals surface area contributed by atoms with Crippen molar-refractivity contribution in [1.29, 1.82) is 0 Å². The monoisotopic (exact) mass is 533 g/mol. The molecule has 0 radical (unpaired) electrons. The molecule has 4 rings (SSSR count). The summed E-state index contributed by atoms with van der Waals surface area (Å²) in [5.74, 6) is 0.357. The van der Waals surface area contributed by atoms with Crippen LogP contribution in [-0.4, -0.2) is 59.1 Å². The summed E-state index contributed by atoms with van der Waals surface area (Å²) in [4.78, 5) is 30.4. The quantitative estimate of drug-likeness (QED) is 0.392. The summed E-state index contributed by atoms with van der Waals surface area (Å²) < 4.78 is 19.1. The lowest BCUT2D eigenvalue weighted by Crippen LogP contribution is -2.67. The third kappa shape index (κ3) is 6.23. The summed E-state index contributed by atoms with van der Waals surface area (Å²) >= 11 is 0. The first-order valence-corrected chi connectivity index (χ1v) is 13.0. The van der Waals surface area contributed by atoms with Gasteiger partial charge in [-0.1, -0.05) is 39.0 Å². The van der Waals surface area contributed by atoms with Crippen molar-refractivity contribution in [1.82, 2.24) is 9.80 Å². The van der Waals surface area contributed by atoms with E-state index in [0.717, 1.165) is 11.3 Å². The minimum absolute atomic E-state index is 0.161. The van der Waals surface area contributed by atoms with Gasteiger partial charge in [-0.3, -0.25) is 14.6 Å². The Labute approximate surface area is 229 Å². The number of carbonyl (C=O) groups excluding carboxylic acids is 1. The van der Waals surface area contributed by atoms with Crippen molar-refractivity contribution in [2.75, 3.05) is 31.6 Å². The highest BCUT2D eigenvalue weighted by molar-refractivity contribution is 6.05.